The molecule has 0 aliphatic heterocycles. The van der Waals surface area contributed by atoms with E-state index >= 15 is 0 Å². The molecule has 0 bridgehead atoms. The molecule has 0 heterocycles. The molecule has 2 rings (SSSR count). The van der Waals surface area contributed by atoms with Gasteiger partial charge in [-0.1, -0.05) is 41.9 Å². The summed E-state index contributed by atoms with van der Waals surface area (Å²) >= 11 is 3.48. The van der Waals surface area contributed by atoms with Crippen molar-refractivity contribution in [3.63, 3.8) is 0 Å². The van der Waals surface area contributed by atoms with Crippen LogP contribution in [0.1, 0.15) is 13.8 Å². The van der Waals surface area contributed by atoms with Gasteiger partial charge in [0.25, 0.3) is 0 Å². The number of ether oxygens (including phenoxy) is 1. The van der Waals surface area contributed by atoms with Gasteiger partial charge in [0.1, 0.15) is 12.4 Å². The third-order valence-electron chi connectivity index (χ3n) is 2.70. The van der Waals surface area contributed by atoms with Crippen LogP contribution in [0.2, 0.25) is 0 Å². The van der Waals surface area contributed by atoms with Crippen LogP contribution in [0.5, 0.6) is 5.75 Å². The van der Waals surface area contributed by atoms with Crippen LogP contribution < -0.4 is 10.1 Å². The summed E-state index contributed by atoms with van der Waals surface area (Å²) in [7, 11) is 0. The molecule has 104 valence electrons. The average molecular weight is 345 g/mol. The smallest absolute Gasteiger partial charge is 0.120 e. The van der Waals surface area contributed by atoms with Gasteiger partial charge in [-0.05, 0) is 35.0 Å². The van der Waals surface area contributed by atoms with Gasteiger partial charge < -0.3 is 10.1 Å². The van der Waals surface area contributed by atoms with Crippen molar-refractivity contribution in [1.29, 1.82) is 0 Å². The molecule has 0 saturated heterocycles. The first-order chi connectivity index (χ1) is 8.65. The quantitative estimate of drug-likeness (QED) is 0.812. The van der Waals surface area contributed by atoms with Crippen LogP contribution in [0.15, 0.2) is 40.9 Å². The fourth-order valence-corrected chi connectivity index (χ4v) is 2.18. The Kier molecular flexibility index (Phi) is 6.63. The van der Waals surface area contributed by atoms with Crippen LogP contribution >= 0.6 is 28.3 Å². The Labute approximate surface area is 129 Å². The van der Waals surface area contributed by atoms with E-state index in [1.165, 1.54) is 10.8 Å². The molecular weight excluding hydrogens is 326 g/mol. The summed E-state index contributed by atoms with van der Waals surface area (Å²) < 4.78 is 6.82. The molecule has 2 nitrogen and oxygen atoms in total. The lowest BCUT2D eigenvalue weighted by molar-refractivity contribution is 0.309. The lowest BCUT2D eigenvalue weighted by atomic mass is 10.1. The Hall–Kier alpha value is -0.770. The predicted molar refractivity (Wildman–Crippen MR) is 87.5 cm³/mol. The number of halogens is 2. The molecule has 0 aliphatic carbocycles. The highest BCUT2D eigenvalue weighted by atomic mass is 79.9. The Morgan fingerprint density at radius 2 is 1.79 bits per heavy atom. The minimum atomic E-state index is 0. The summed E-state index contributed by atoms with van der Waals surface area (Å²) in [5, 5.41) is 5.75. The predicted octanol–water partition coefficient (Wildman–Crippen LogP) is 4.40. The normalized spacial score (nSPS) is 10.5. The van der Waals surface area contributed by atoms with E-state index in [0.29, 0.717) is 12.6 Å². The largest absolute Gasteiger partial charge is 0.492 e. The molecule has 0 amide bonds. The lowest BCUT2D eigenvalue weighted by Crippen LogP contribution is -2.27. The Morgan fingerprint density at radius 1 is 1.11 bits per heavy atom. The maximum absolute atomic E-state index is 5.72. The zero-order chi connectivity index (χ0) is 13.0. The van der Waals surface area contributed by atoms with E-state index in [1.807, 2.05) is 12.1 Å². The maximum atomic E-state index is 5.72. The van der Waals surface area contributed by atoms with Gasteiger partial charge in [-0.15, -0.1) is 12.4 Å². The molecule has 0 spiro atoms. The first-order valence-electron chi connectivity index (χ1n) is 6.20. The fourth-order valence-electron chi connectivity index (χ4n) is 1.80. The van der Waals surface area contributed by atoms with Gasteiger partial charge in [-0.3, -0.25) is 0 Å². The summed E-state index contributed by atoms with van der Waals surface area (Å²) in [4.78, 5) is 0. The highest BCUT2D eigenvalue weighted by Gasteiger charge is 1.99. The molecule has 0 saturated carbocycles. The van der Waals surface area contributed by atoms with Crippen LogP contribution in [0.3, 0.4) is 0 Å². The lowest BCUT2D eigenvalue weighted by Gasteiger charge is -2.10. The number of rotatable bonds is 5. The number of hydrogen-bond donors (Lipinski definition) is 1. The molecule has 1 N–H and O–H groups in total. The maximum Gasteiger partial charge on any atom is 0.120 e. The van der Waals surface area contributed by atoms with E-state index in [-0.39, 0.29) is 12.4 Å². The molecule has 0 atom stereocenters. The highest BCUT2D eigenvalue weighted by Crippen LogP contribution is 2.23. The van der Waals surface area contributed by atoms with Gasteiger partial charge in [0.05, 0.1) is 0 Å². The van der Waals surface area contributed by atoms with Crippen LogP contribution in [-0.2, 0) is 0 Å². The summed E-state index contributed by atoms with van der Waals surface area (Å²) in [6.07, 6.45) is 0. The first kappa shape index (κ1) is 16.3. The van der Waals surface area contributed by atoms with E-state index in [9.17, 15) is 0 Å². The van der Waals surface area contributed by atoms with E-state index < -0.39 is 0 Å². The average Bonchev–Trinajstić information content (AvgIpc) is 2.34. The Balaban J connectivity index is 0.00000180. The third kappa shape index (κ3) is 5.01. The number of hydrogen-bond acceptors (Lipinski definition) is 2. The highest BCUT2D eigenvalue weighted by molar-refractivity contribution is 9.10. The second kappa shape index (κ2) is 7.73. The van der Waals surface area contributed by atoms with Gasteiger partial charge >= 0.3 is 0 Å². The van der Waals surface area contributed by atoms with Crippen LogP contribution in [0, 0.1) is 0 Å². The molecule has 0 fully saturated rings. The van der Waals surface area contributed by atoms with Crippen molar-refractivity contribution in [2.24, 2.45) is 0 Å². The van der Waals surface area contributed by atoms with E-state index in [1.54, 1.807) is 0 Å². The molecule has 0 aliphatic rings. The number of benzene rings is 2. The number of nitrogens with one attached hydrogen (secondary N) is 1. The molecule has 2 aromatic carbocycles. The summed E-state index contributed by atoms with van der Waals surface area (Å²) in [6, 6.07) is 12.9. The van der Waals surface area contributed by atoms with Crippen molar-refractivity contribution in [1.82, 2.24) is 5.32 Å². The van der Waals surface area contributed by atoms with Crippen molar-refractivity contribution >= 4 is 39.1 Å². The molecule has 0 unspecified atom stereocenters. The van der Waals surface area contributed by atoms with Crippen molar-refractivity contribution in [3.05, 3.63) is 40.9 Å². The summed E-state index contributed by atoms with van der Waals surface area (Å²) in [5.74, 6) is 0.926. The molecule has 4 heteroatoms. The van der Waals surface area contributed by atoms with Crippen LogP contribution in [0.4, 0.5) is 0 Å². The van der Waals surface area contributed by atoms with Crippen molar-refractivity contribution in [2.45, 2.75) is 19.9 Å². The molecule has 0 radical (unpaired) electrons. The van der Waals surface area contributed by atoms with Crippen molar-refractivity contribution < 1.29 is 4.74 Å². The SMILES string of the molecule is CC(C)NCCOc1ccc2cc(Br)ccc2c1.Cl. The molecule has 0 aromatic heterocycles. The van der Waals surface area contributed by atoms with Gasteiger partial charge in [-0.25, -0.2) is 0 Å². The second-order valence-electron chi connectivity index (χ2n) is 4.61. The molecule has 19 heavy (non-hydrogen) atoms. The van der Waals surface area contributed by atoms with E-state index in [2.05, 4.69) is 59.4 Å². The second-order valence-corrected chi connectivity index (χ2v) is 5.53. The minimum absolute atomic E-state index is 0. The topological polar surface area (TPSA) is 21.3 Å². The van der Waals surface area contributed by atoms with Gasteiger partial charge in [-0.2, -0.15) is 0 Å². The number of fused-ring (bicyclic) bond motifs is 1. The summed E-state index contributed by atoms with van der Waals surface area (Å²) in [5.41, 5.74) is 0. The zero-order valence-corrected chi connectivity index (χ0v) is 13.6. The van der Waals surface area contributed by atoms with E-state index in [4.69, 9.17) is 4.74 Å². The van der Waals surface area contributed by atoms with Gasteiger partial charge in [0, 0.05) is 17.1 Å². The first-order valence-corrected chi connectivity index (χ1v) is 7.00. The van der Waals surface area contributed by atoms with Crippen molar-refractivity contribution in [2.75, 3.05) is 13.2 Å². The monoisotopic (exact) mass is 343 g/mol. The Morgan fingerprint density at radius 3 is 2.53 bits per heavy atom. The standard InChI is InChI=1S/C15H18BrNO.ClH/c1-11(2)17-7-8-18-15-6-4-12-9-14(16)5-3-13(12)10-15;/h3-6,9-11,17H,7-8H2,1-2H3;1H. The summed E-state index contributed by atoms with van der Waals surface area (Å²) in [6.45, 7) is 5.83. The Bertz CT molecular complexity index is 531. The van der Waals surface area contributed by atoms with Gasteiger partial charge in [0.15, 0.2) is 0 Å². The minimum Gasteiger partial charge on any atom is -0.492 e. The fraction of sp³-hybridized carbons (Fsp3) is 0.333. The van der Waals surface area contributed by atoms with Crippen LogP contribution in [-0.4, -0.2) is 19.2 Å². The molecule has 2 aromatic rings. The third-order valence-corrected chi connectivity index (χ3v) is 3.19. The van der Waals surface area contributed by atoms with Crippen molar-refractivity contribution in [3.8, 4) is 5.75 Å². The molecular formula is C15H19BrClNO. The van der Waals surface area contributed by atoms with Crippen LogP contribution in [0.25, 0.3) is 10.8 Å². The van der Waals surface area contributed by atoms with Gasteiger partial charge in [0.2, 0.25) is 0 Å². The van der Waals surface area contributed by atoms with E-state index in [0.717, 1.165) is 16.8 Å². The zero-order valence-electron chi connectivity index (χ0n) is 11.2.